The van der Waals surface area contributed by atoms with Crippen molar-refractivity contribution in [1.29, 1.82) is 0 Å². The van der Waals surface area contributed by atoms with Gasteiger partial charge in [-0.05, 0) is 6.42 Å². The third-order valence-electron chi connectivity index (χ3n) is 1.61. The Balaban J connectivity index is 2.51. The van der Waals surface area contributed by atoms with E-state index in [-0.39, 0.29) is 11.7 Å². The van der Waals surface area contributed by atoms with Gasteiger partial charge in [-0.1, -0.05) is 5.16 Å². The van der Waals surface area contributed by atoms with E-state index < -0.39 is 0 Å². The molecule has 0 unspecified atom stereocenters. The van der Waals surface area contributed by atoms with Crippen molar-refractivity contribution in [3.63, 3.8) is 0 Å². The lowest BCUT2D eigenvalue weighted by molar-refractivity contribution is 0.189. The molecule has 7 heteroatoms. The third kappa shape index (κ3) is 2.70. The van der Waals surface area contributed by atoms with Crippen LogP contribution < -0.4 is 5.73 Å². The summed E-state index contributed by atoms with van der Waals surface area (Å²) in [5.74, 6) is 0.139. The van der Waals surface area contributed by atoms with Crippen molar-refractivity contribution >= 4 is 5.84 Å². The van der Waals surface area contributed by atoms with Crippen molar-refractivity contribution in [2.24, 2.45) is 10.9 Å². The number of rotatable bonds is 5. The first kappa shape index (κ1) is 10.5. The Kier molecular flexibility index (Phi) is 3.86. The zero-order valence-corrected chi connectivity index (χ0v) is 7.92. The van der Waals surface area contributed by atoms with Crippen molar-refractivity contribution in [3.8, 4) is 0 Å². The van der Waals surface area contributed by atoms with Crippen LogP contribution in [0.15, 0.2) is 11.5 Å². The first-order valence-corrected chi connectivity index (χ1v) is 4.14. The van der Waals surface area contributed by atoms with Gasteiger partial charge in [-0.15, -0.1) is 5.10 Å². The van der Waals surface area contributed by atoms with Gasteiger partial charge in [0.2, 0.25) is 11.7 Å². The van der Waals surface area contributed by atoms with Gasteiger partial charge in [-0.25, -0.2) is 4.98 Å². The minimum atomic E-state index is -0.0875. The van der Waals surface area contributed by atoms with Gasteiger partial charge in [0.1, 0.15) is 6.33 Å². The van der Waals surface area contributed by atoms with Gasteiger partial charge in [-0.3, -0.25) is 4.68 Å². The highest BCUT2D eigenvalue weighted by Gasteiger charge is 2.04. The number of ether oxygens (including phenoxy) is 1. The Morgan fingerprint density at radius 2 is 2.57 bits per heavy atom. The summed E-state index contributed by atoms with van der Waals surface area (Å²) in [5.41, 5.74) is 5.30. The molecule has 0 radical (unpaired) electrons. The van der Waals surface area contributed by atoms with Gasteiger partial charge in [0.15, 0.2) is 0 Å². The summed E-state index contributed by atoms with van der Waals surface area (Å²) in [6.45, 7) is 1.36. The summed E-state index contributed by atoms with van der Waals surface area (Å²) < 4.78 is 6.51. The van der Waals surface area contributed by atoms with Gasteiger partial charge in [-0.2, -0.15) is 0 Å². The molecule has 0 aliphatic carbocycles. The Morgan fingerprint density at radius 3 is 3.21 bits per heavy atom. The molecule has 14 heavy (non-hydrogen) atoms. The van der Waals surface area contributed by atoms with Gasteiger partial charge in [0, 0.05) is 20.3 Å². The number of nitrogens with two attached hydrogens (primary N) is 1. The molecule has 0 spiro atoms. The van der Waals surface area contributed by atoms with Crippen LogP contribution in [0.5, 0.6) is 0 Å². The number of nitrogens with zero attached hydrogens (tertiary/aromatic N) is 4. The van der Waals surface area contributed by atoms with Crippen LogP contribution in [0.4, 0.5) is 0 Å². The van der Waals surface area contributed by atoms with Gasteiger partial charge in [0.25, 0.3) is 0 Å². The van der Waals surface area contributed by atoms with Crippen LogP contribution in [0, 0.1) is 0 Å². The van der Waals surface area contributed by atoms with Gasteiger partial charge < -0.3 is 15.7 Å². The van der Waals surface area contributed by atoms with E-state index in [0.29, 0.717) is 13.2 Å². The molecule has 1 aromatic rings. The number of methoxy groups -OCH3 is 1. The van der Waals surface area contributed by atoms with E-state index >= 15 is 0 Å². The molecule has 3 N–H and O–H groups in total. The summed E-state index contributed by atoms with van der Waals surface area (Å²) in [5, 5.41) is 15.2. The zero-order chi connectivity index (χ0) is 10.4. The standard InChI is InChI=1S/C7H13N5O2/c1-14-4-2-3-12-5-9-7(10-12)6(8)11-13/h5,13H,2-4H2,1H3,(H2,8,11). The lowest BCUT2D eigenvalue weighted by Gasteiger charge is -1.98. The molecule has 0 fully saturated rings. The van der Waals surface area contributed by atoms with Crippen molar-refractivity contribution in [2.75, 3.05) is 13.7 Å². The maximum atomic E-state index is 8.37. The van der Waals surface area contributed by atoms with Crippen LogP contribution in [0.3, 0.4) is 0 Å². The van der Waals surface area contributed by atoms with Crippen LogP contribution in [-0.2, 0) is 11.3 Å². The van der Waals surface area contributed by atoms with E-state index in [1.54, 1.807) is 11.8 Å². The molecule has 1 heterocycles. The van der Waals surface area contributed by atoms with Crippen LogP contribution in [0.25, 0.3) is 0 Å². The predicted octanol–water partition coefficient (Wildman–Crippen LogP) is -0.591. The average Bonchev–Trinajstić information content (AvgIpc) is 2.66. The summed E-state index contributed by atoms with van der Waals surface area (Å²) in [7, 11) is 1.64. The second-order valence-corrected chi connectivity index (χ2v) is 2.66. The molecule has 0 bridgehead atoms. The molecule has 1 rings (SSSR count). The molecule has 1 aromatic heterocycles. The highest BCUT2D eigenvalue weighted by atomic mass is 16.5. The number of amidine groups is 1. The molecular formula is C7H13N5O2. The van der Waals surface area contributed by atoms with Crippen molar-refractivity contribution in [2.45, 2.75) is 13.0 Å². The fourth-order valence-corrected chi connectivity index (χ4v) is 0.935. The van der Waals surface area contributed by atoms with Crippen LogP contribution in [0.2, 0.25) is 0 Å². The Bertz CT molecular complexity index is 309. The molecule has 0 atom stereocenters. The van der Waals surface area contributed by atoms with Crippen molar-refractivity contribution < 1.29 is 9.94 Å². The molecule has 0 aromatic carbocycles. The summed E-state index contributed by atoms with van der Waals surface area (Å²) in [4.78, 5) is 3.86. The van der Waals surface area contributed by atoms with Gasteiger partial charge >= 0.3 is 0 Å². The molecular weight excluding hydrogens is 186 g/mol. The second kappa shape index (κ2) is 5.18. The molecule has 0 aliphatic heterocycles. The maximum absolute atomic E-state index is 8.37. The van der Waals surface area contributed by atoms with E-state index in [4.69, 9.17) is 15.7 Å². The lowest BCUT2D eigenvalue weighted by Crippen LogP contribution is -2.15. The number of oxime groups is 1. The second-order valence-electron chi connectivity index (χ2n) is 2.66. The number of hydrogen-bond donors (Lipinski definition) is 2. The van der Waals surface area contributed by atoms with E-state index in [0.717, 1.165) is 6.42 Å². The Hall–Kier alpha value is -1.63. The number of aryl methyl sites for hydroxylation is 1. The molecule has 0 saturated carbocycles. The topological polar surface area (TPSA) is 98.6 Å². The first-order valence-electron chi connectivity index (χ1n) is 4.14. The highest BCUT2D eigenvalue weighted by Crippen LogP contribution is 1.92. The predicted molar refractivity (Wildman–Crippen MR) is 49.0 cm³/mol. The SMILES string of the molecule is COCCCn1cnc(C(N)=NO)n1. The van der Waals surface area contributed by atoms with Crippen LogP contribution in [0.1, 0.15) is 12.2 Å². The molecule has 0 aliphatic rings. The molecule has 0 amide bonds. The summed E-state index contributed by atoms with van der Waals surface area (Å²) in [6.07, 6.45) is 2.37. The molecule has 0 saturated heterocycles. The number of hydrogen-bond acceptors (Lipinski definition) is 5. The molecule has 7 nitrogen and oxygen atoms in total. The maximum Gasteiger partial charge on any atom is 0.219 e. The normalized spacial score (nSPS) is 11.9. The largest absolute Gasteiger partial charge is 0.409 e. The fraction of sp³-hybridized carbons (Fsp3) is 0.571. The van der Waals surface area contributed by atoms with E-state index in [1.165, 1.54) is 6.33 Å². The zero-order valence-electron chi connectivity index (χ0n) is 7.92. The minimum Gasteiger partial charge on any atom is -0.409 e. The number of aromatic nitrogens is 3. The molecule has 78 valence electrons. The summed E-state index contributed by atoms with van der Waals surface area (Å²) in [6, 6.07) is 0. The van der Waals surface area contributed by atoms with Gasteiger partial charge in [0.05, 0.1) is 0 Å². The fourth-order valence-electron chi connectivity index (χ4n) is 0.935. The van der Waals surface area contributed by atoms with E-state index in [9.17, 15) is 0 Å². The smallest absolute Gasteiger partial charge is 0.219 e. The minimum absolute atomic E-state index is 0.0875. The first-order chi connectivity index (χ1) is 6.77. The average molecular weight is 199 g/mol. The van der Waals surface area contributed by atoms with E-state index in [1.807, 2.05) is 0 Å². The lowest BCUT2D eigenvalue weighted by atomic mass is 10.5. The quantitative estimate of drug-likeness (QED) is 0.217. The van der Waals surface area contributed by atoms with Crippen LogP contribution in [-0.4, -0.2) is 39.5 Å². The van der Waals surface area contributed by atoms with Crippen molar-refractivity contribution in [3.05, 3.63) is 12.2 Å². The Morgan fingerprint density at radius 1 is 1.79 bits per heavy atom. The third-order valence-corrected chi connectivity index (χ3v) is 1.61. The monoisotopic (exact) mass is 199 g/mol. The van der Waals surface area contributed by atoms with Crippen LogP contribution >= 0.6 is 0 Å². The summed E-state index contributed by atoms with van der Waals surface area (Å²) >= 11 is 0. The highest BCUT2D eigenvalue weighted by molar-refractivity contribution is 5.93. The Labute approximate surface area is 81.2 Å². The van der Waals surface area contributed by atoms with Crippen molar-refractivity contribution in [1.82, 2.24) is 14.8 Å². The van der Waals surface area contributed by atoms with E-state index in [2.05, 4.69) is 15.2 Å².